The number of hydrogen-bond acceptors (Lipinski definition) is 2. The molecule has 1 fully saturated rings. The lowest BCUT2D eigenvalue weighted by Crippen LogP contribution is -2.57. The van der Waals surface area contributed by atoms with E-state index in [0.29, 0.717) is 10.9 Å². The molecule has 1 aromatic carbocycles. The third kappa shape index (κ3) is 3.46. The second-order valence-electron chi connectivity index (χ2n) is 5.66. The number of nitrogens with one attached hydrogen (secondary N) is 1. The SMILES string of the molecule is CCCNC(Cc1c(F)ccc(Br)c1F)C1(OC)CCC1. The van der Waals surface area contributed by atoms with Crippen molar-refractivity contribution >= 4 is 15.9 Å². The van der Waals surface area contributed by atoms with Gasteiger partial charge >= 0.3 is 0 Å². The van der Waals surface area contributed by atoms with Gasteiger partial charge < -0.3 is 10.1 Å². The van der Waals surface area contributed by atoms with Crippen LogP contribution < -0.4 is 5.32 Å². The Hall–Kier alpha value is -0.520. The van der Waals surface area contributed by atoms with E-state index in [1.165, 1.54) is 12.1 Å². The molecule has 0 amide bonds. The van der Waals surface area contributed by atoms with Crippen molar-refractivity contribution in [3.05, 3.63) is 33.8 Å². The van der Waals surface area contributed by atoms with Crippen LogP contribution in [0.1, 0.15) is 38.2 Å². The monoisotopic (exact) mass is 361 g/mol. The van der Waals surface area contributed by atoms with E-state index in [4.69, 9.17) is 4.74 Å². The molecule has 1 saturated carbocycles. The molecular weight excluding hydrogens is 340 g/mol. The van der Waals surface area contributed by atoms with Crippen LogP contribution in [0.25, 0.3) is 0 Å². The Bertz CT molecular complexity index is 486. The van der Waals surface area contributed by atoms with E-state index < -0.39 is 11.6 Å². The topological polar surface area (TPSA) is 21.3 Å². The maximum atomic E-state index is 14.2. The minimum absolute atomic E-state index is 0.0745. The van der Waals surface area contributed by atoms with E-state index >= 15 is 0 Å². The van der Waals surface area contributed by atoms with E-state index in [-0.39, 0.29) is 17.2 Å². The molecule has 0 aliphatic heterocycles. The van der Waals surface area contributed by atoms with Gasteiger partial charge in [0.1, 0.15) is 11.6 Å². The molecule has 1 atom stereocenters. The molecule has 118 valence electrons. The third-order valence-electron chi connectivity index (χ3n) is 4.43. The summed E-state index contributed by atoms with van der Waals surface area (Å²) in [5.41, 5.74) is -0.169. The van der Waals surface area contributed by atoms with Crippen molar-refractivity contribution in [3.63, 3.8) is 0 Å². The maximum absolute atomic E-state index is 14.2. The van der Waals surface area contributed by atoms with Crippen molar-refractivity contribution < 1.29 is 13.5 Å². The molecule has 21 heavy (non-hydrogen) atoms. The Kier molecular flexibility index (Phi) is 5.74. The Labute approximate surface area is 133 Å². The zero-order valence-electron chi connectivity index (χ0n) is 12.5. The van der Waals surface area contributed by atoms with Gasteiger partial charge in [0.05, 0.1) is 10.1 Å². The van der Waals surface area contributed by atoms with Crippen molar-refractivity contribution in [2.45, 2.75) is 50.7 Å². The summed E-state index contributed by atoms with van der Waals surface area (Å²) in [6, 6.07) is 2.63. The van der Waals surface area contributed by atoms with Gasteiger partial charge in [-0.15, -0.1) is 0 Å². The first-order chi connectivity index (χ1) is 10.0. The zero-order valence-corrected chi connectivity index (χ0v) is 14.1. The van der Waals surface area contributed by atoms with Crippen molar-refractivity contribution in [3.8, 4) is 0 Å². The first kappa shape index (κ1) is 16.8. The summed E-state index contributed by atoms with van der Waals surface area (Å²) in [6.07, 6.45) is 4.23. The van der Waals surface area contributed by atoms with Gasteiger partial charge in [-0.3, -0.25) is 0 Å². The van der Waals surface area contributed by atoms with Crippen LogP contribution in [0.15, 0.2) is 16.6 Å². The molecule has 1 unspecified atom stereocenters. The molecule has 1 aliphatic rings. The molecule has 5 heteroatoms. The largest absolute Gasteiger partial charge is 0.377 e. The molecular formula is C16H22BrF2NO. The molecule has 0 aromatic heterocycles. The number of hydrogen-bond donors (Lipinski definition) is 1. The molecule has 0 spiro atoms. The van der Waals surface area contributed by atoms with Crippen LogP contribution in [0.3, 0.4) is 0 Å². The van der Waals surface area contributed by atoms with Crippen LogP contribution in [0.4, 0.5) is 8.78 Å². The standard InChI is InChI=1S/C16H22BrF2NO/c1-3-9-20-14(16(21-2)7-4-8-16)10-11-13(18)6-5-12(17)15(11)19/h5-6,14,20H,3-4,7-10H2,1-2H3. The second kappa shape index (κ2) is 7.16. The fraction of sp³-hybridized carbons (Fsp3) is 0.625. The predicted octanol–water partition coefficient (Wildman–Crippen LogP) is 4.21. The number of ether oxygens (including phenoxy) is 1. The Morgan fingerprint density at radius 2 is 2.10 bits per heavy atom. The minimum Gasteiger partial charge on any atom is -0.377 e. The Balaban J connectivity index is 2.25. The minimum atomic E-state index is -0.510. The highest BCUT2D eigenvalue weighted by molar-refractivity contribution is 9.10. The number of rotatable bonds is 7. The highest BCUT2D eigenvalue weighted by Gasteiger charge is 2.44. The van der Waals surface area contributed by atoms with Crippen molar-refractivity contribution in [2.24, 2.45) is 0 Å². The average molecular weight is 362 g/mol. The predicted molar refractivity (Wildman–Crippen MR) is 83.4 cm³/mol. The fourth-order valence-corrected chi connectivity index (χ4v) is 3.31. The summed E-state index contributed by atoms with van der Waals surface area (Å²) in [6.45, 7) is 2.89. The highest BCUT2D eigenvalue weighted by atomic mass is 79.9. The second-order valence-corrected chi connectivity index (χ2v) is 6.51. The van der Waals surface area contributed by atoms with Crippen LogP contribution in [0, 0.1) is 11.6 Å². The maximum Gasteiger partial charge on any atom is 0.143 e. The van der Waals surface area contributed by atoms with Gasteiger partial charge in [-0.1, -0.05) is 6.92 Å². The van der Waals surface area contributed by atoms with Gasteiger partial charge in [0.25, 0.3) is 0 Å². The summed E-state index contributed by atoms with van der Waals surface area (Å²) in [5, 5.41) is 3.41. The summed E-state index contributed by atoms with van der Waals surface area (Å²) in [4.78, 5) is 0. The molecule has 2 nitrogen and oxygen atoms in total. The van der Waals surface area contributed by atoms with Gasteiger partial charge in [0.15, 0.2) is 0 Å². The number of halogens is 3. The molecule has 1 N–H and O–H groups in total. The lowest BCUT2D eigenvalue weighted by atomic mass is 9.72. The molecule has 0 bridgehead atoms. The Morgan fingerprint density at radius 1 is 1.38 bits per heavy atom. The van der Waals surface area contributed by atoms with Crippen LogP contribution in [0.5, 0.6) is 0 Å². The summed E-state index contributed by atoms with van der Waals surface area (Å²) < 4.78 is 34.2. The first-order valence-corrected chi connectivity index (χ1v) is 8.24. The fourth-order valence-electron chi connectivity index (χ4n) is 2.94. The van der Waals surface area contributed by atoms with Gasteiger partial charge in [0, 0.05) is 18.7 Å². The molecule has 1 aliphatic carbocycles. The lowest BCUT2D eigenvalue weighted by molar-refractivity contribution is -0.0983. The van der Waals surface area contributed by atoms with Gasteiger partial charge in [-0.05, 0) is 66.7 Å². The summed E-state index contributed by atoms with van der Waals surface area (Å²) >= 11 is 3.13. The molecule has 0 radical (unpaired) electrons. The third-order valence-corrected chi connectivity index (χ3v) is 5.04. The van der Waals surface area contributed by atoms with E-state index in [1.54, 1.807) is 7.11 Å². The molecule has 1 aromatic rings. The van der Waals surface area contributed by atoms with Gasteiger partial charge in [-0.25, -0.2) is 8.78 Å². The van der Waals surface area contributed by atoms with Crippen molar-refractivity contribution in [1.29, 1.82) is 0 Å². The molecule has 0 heterocycles. The quantitative estimate of drug-likeness (QED) is 0.734. The van der Waals surface area contributed by atoms with E-state index in [1.807, 2.05) is 0 Å². The number of benzene rings is 1. The first-order valence-electron chi connectivity index (χ1n) is 7.45. The summed E-state index contributed by atoms with van der Waals surface area (Å²) in [5.74, 6) is -1.01. The van der Waals surface area contributed by atoms with Crippen LogP contribution in [0.2, 0.25) is 0 Å². The lowest BCUT2D eigenvalue weighted by Gasteiger charge is -2.47. The number of methoxy groups -OCH3 is 1. The van der Waals surface area contributed by atoms with E-state index in [0.717, 1.165) is 32.2 Å². The van der Waals surface area contributed by atoms with Crippen LogP contribution in [-0.2, 0) is 11.2 Å². The molecule has 2 rings (SSSR count). The Morgan fingerprint density at radius 3 is 2.62 bits per heavy atom. The summed E-state index contributed by atoms with van der Waals surface area (Å²) in [7, 11) is 1.69. The van der Waals surface area contributed by atoms with Crippen LogP contribution in [-0.4, -0.2) is 25.3 Å². The van der Waals surface area contributed by atoms with Crippen molar-refractivity contribution in [2.75, 3.05) is 13.7 Å². The normalized spacial score (nSPS) is 18.3. The van der Waals surface area contributed by atoms with E-state index in [9.17, 15) is 8.78 Å². The van der Waals surface area contributed by atoms with Gasteiger partial charge in [0.2, 0.25) is 0 Å². The van der Waals surface area contributed by atoms with E-state index in [2.05, 4.69) is 28.2 Å². The van der Waals surface area contributed by atoms with Crippen LogP contribution >= 0.6 is 15.9 Å². The molecule has 0 saturated heterocycles. The smallest absolute Gasteiger partial charge is 0.143 e. The highest BCUT2D eigenvalue weighted by Crippen LogP contribution is 2.40. The average Bonchev–Trinajstić information content (AvgIpc) is 2.43. The van der Waals surface area contributed by atoms with Crippen molar-refractivity contribution in [1.82, 2.24) is 5.32 Å². The van der Waals surface area contributed by atoms with Gasteiger partial charge in [-0.2, -0.15) is 0 Å². The zero-order chi connectivity index (χ0) is 15.5.